The molecule has 2 aliphatic heterocycles. The summed E-state index contributed by atoms with van der Waals surface area (Å²) in [4.78, 5) is 32.3. The number of aldehydes is 1. The van der Waals surface area contributed by atoms with Crippen molar-refractivity contribution >= 4 is 23.8 Å². The fraction of sp³-hybridized carbons (Fsp3) is 0.553. The lowest BCUT2D eigenvalue weighted by molar-refractivity contribution is -0.981. The Bertz CT molecular complexity index is 1620. The van der Waals surface area contributed by atoms with E-state index in [1.807, 2.05) is 39.9 Å². The van der Waals surface area contributed by atoms with E-state index >= 15 is 0 Å². The van der Waals surface area contributed by atoms with Crippen molar-refractivity contribution in [3.63, 3.8) is 0 Å². The molecule has 4 heterocycles. The van der Waals surface area contributed by atoms with Gasteiger partial charge in [-0.25, -0.2) is 14.3 Å². The molecule has 2 aromatic heterocycles. The Hall–Kier alpha value is -3.60. The van der Waals surface area contributed by atoms with E-state index in [0.29, 0.717) is 44.6 Å². The summed E-state index contributed by atoms with van der Waals surface area (Å²) in [5.41, 5.74) is 8.84. The molecule has 4 atom stereocenters. The highest BCUT2D eigenvalue weighted by molar-refractivity contribution is 6.24. The summed E-state index contributed by atoms with van der Waals surface area (Å²) in [6.45, 7) is 3.19. The highest BCUT2D eigenvalue weighted by Crippen LogP contribution is 2.46. The molecule has 260 valence electrons. The van der Waals surface area contributed by atoms with E-state index in [9.17, 15) is 9.59 Å². The van der Waals surface area contributed by atoms with Crippen molar-refractivity contribution < 1.29 is 14.1 Å². The normalized spacial score (nSPS) is 30.1. The zero-order chi connectivity index (χ0) is 33.8. The maximum Gasteiger partial charge on any atom is 0.272 e. The van der Waals surface area contributed by atoms with Crippen molar-refractivity contribution in [2.45, 2.75) is 94.4 Å². The Morgan fingerprint density at radius 2 is 1.82 bits per heavy atom. The van der Waals surface area contributed by atoms with Crippen LogP contribution in [-0.2, 0) is 11.5 Å². The smallest absolute Gasteiger partial charge is 0.272 e. The van der Waals surface area contributed by atoms with E-state index in [1.54, 1.807) is 29.6 Å². The van der Waals surface area contributed by atoms with Crippen LogP contribution in [0.5, 0.6) is 0 Å². The van der Waals surface area contributed by atoms with Gasteiger partial charge in [-0.2, -0.15) is 10.2 Å². The van der Waals surface area contributed by atoms with Gasteiger partial charge in [-0.15, -0.1) is 0 Å². The Morgan fingerprint density at radius 1 is 1.04 bits per heavy atom. The van der Waals surface area contributed by atoms with Gasteiger partial charge in [0.2, 0.25) is 0 Å². The van der Waals surface area contributed by atoms with Gasteiger partial charge in [-0.05, 0) is 79.8 Å². The molecular weight excluding hydrogens is 636 g/mol. The van der Waals surface area contributed by atoms with Crippen molar-refractivity contribution in [1.82, 2.24) is 29.4 Å². The summed E-state index contributed by atoms with van der Waals surface area (Å²) in [6, 6.07) is 11.0. The summed E-state index contributed by atoms with van der Waals surface area (Å²) < 4.78 is 4.34. The number of quaternary nitrogens is 1. The number of aromatic nitrogens is 5. The number of nitrogens with zero attached hydrogens (tertiary/aromatic N) is 7. The first-order chi connectivity index (χ1) is 23.9. The minimum absolute atomic E-state index is 0.0698. The highest BCUT2D eigenvalue weighted by atomic mass is 35.5. The number of amides is 1. The zero-order valence-corrected chi connectivity index (χ0v) is 29.2. The second-order valence-corrected chi connectivity index (χ2v) is 15.5. The predicted octanol–water partition coefficient (Wildman–Crippen LogP) is 5.89. The molecule has 1 saturated carbocycles. The first kappa shape index (κ1) is 33.9. The minimum atomic E-state index is -0.616. The third-order valence-corrected chi connectivity index (χ3v) is 12.6. The number of allylic oxidation sites excluding steroid dienone is 2. The van der Waals surface area contributed by atoms with Gasteiger partial charge in [-0.3, -0.25) is 9.28 Å². The van der Waals surface area contributed by atoms with Gasteiger partial charge < -0.3 is 15.4 Å². The number of benzene rings is 1. The minimum Gasteiger partial charge on any atom is -0.333 e. The monoisotopic (exact) mass is 685 g/mol. The first-order valence-corrected chi connectivity index (χ1v) is 18.6. The number of para-hydroxylation sites is 1. The number of halogens is 1. The molecule has 4 aliphatic rings. The summed E-state index contributed by atoms with van der Waals surface area (Å²) in [7, 11) is 0. The van der Waals surface area contributed by atoms with Gasteiger partial charge in [0.1, 0.15) is 24.6 Å². The van der Waals surface area contributed by atoms with E-state index in [0.717, 1.165) is 47.0 Å². The molecule has 49 heavy (non-hydrogen) atoms. The Kier molecular flexibility index (Phi) is 10.2. The Labute approximate surface area is 294 Å². The molecule has 7 rings (SSSR count). The second-order valence-electron chi connectivity index (χ2n) is 14.9. The van der Waals surface area contributed by atoms with E-state index in [1.165, 1.54) is 44.9 Å². The third-order valence-electron chi connectivity index (χ3n) is 12.0. The molecule has 0 spiro atoms. The number of rotatable bonds is 10. The molecule has 1 aromatic carbocycles. The van der Waals surface area contributed by atoms with Crippen LogP contribution in [0.25, 0.3) is 5.69 Å². The summed E-state index contributed by atoms with van der Waals surface area (Å²) in [5.74, 6) is 1.09. The third kappa shape index (κ3) is 7.05. The van der Waals surface area contributed by atoms with E-state index in [-0.39, 0.29) is 18.0 Å². The summed E-state index contributed by atoms with van der Waals surface area (Å²) >= 11 is 7.68. The molecule has 1 amide bonds. The second kappa shape index (κ2) is 14.7. The molecule has 2 N–H and O–H groups in total. The number of piperidine rings is 2. The zero-order valence-electron chi connectivity index (χ0n) is 28.4. The fourth-order valence-electron chi connectivity index (χ4n) is 9.14. The van der Waals surface area contributed by atoms with Crippen LogP contribution in [0.1, 0.15) is 81.1 Å². The van der Waals surface area contributed by atoms with Gasteiger partial charge in [0.05, 0.1) is 25.0 Å². The Morgan fingerprint density at radius 3 is 2.51 bits per heavy atom. The van der Waals surface area contributed by atoms with Crippen LogP contribution in [0, 0.1) is 17.8 Å². The molecule has 11 heteroatoms. The average molecular weight is 686 g/mol. The lowest BCUT2D eigenvalue weighted by atomic mass is 9.75. The lowest BCUT2D eigenvalue weighted by Crippen LogP contribution is -2.64. The van der Waals surface area contributed by atoms with E-state index in [4.69, 9.17) is 17.3 Å². The number of carbonyl (C=O) groups excluding carboxylic acids is 2. The molecule has 3 fully saturated rings. The van der Waals surface area contributed by atoms with Crippen molar-refractivity contribution in [2.75, 3.05) is 19.6 Å². The maximum absolute atomic E-state index is 14.1. The van der Waals surface area contributed by atoms with Crippen LogP contribution in [0.4, 0.5) is 0 Å². The summed E-state index contributed by atoms with van der Waals surface area (Å²) in [5, 5.41) is 8.92. The number of hydrogen-bond acceptors (Lipinski definition) is 6. The van der Waals surface area contributed by atoms with Crippen molar-refractivity contribution in [1.29, 1.82) is 0 Å². The standard InChI is InChI=1S/C38H50ClN8O2/c39-38(47(28-44-27-41-26-43-44)21-15-31(16-22-47)30-7-3-1-4-8-30)17-11-29(12-18-38)23-32(25-48)36-24-33(40)14-20-45(36)37(49)35-13-19-42-46(35)34-9-5-2-6-10-34/h2,5-6,9-13,17,19,25-27,30-33,36H,1,3-4,7-8,14-16,18,20-24,28,40H2/q+1/t31?,32-,33?,36?,38?,47?/m0/s1. The van der Waals surface area contributed by atoms with Gasteiger partial charge in [0, 0.05) is 31.0 Å². The van der Waals surface area contributed by atoms with Crippen LogP contribution >= 0.6 is 11.6 Å². The SMILES string of the molecule is NC1CCN(C(=O)c2ccnn2-c2ccccc2)C([C@H](C=O)CC2=CCC(Cl)([N+]3(Cn4cncn4)CCC(C4CCCCC4)CC3)C=C2)C1. The number of carbonyl (C=O) groups is 2. The molecule has 0 bridgehead atoms. The van der Waals surface area contributed by atoms with Crippen molar-refractivity contribution in [3.05, 3.63) is 84.7 Å². The van der Waals surface area contributed by atoms with Gasteiger partial charge in [0.15, 0.2) is 11.7 Å². The van der Waals surface area contributed by atoms with Crippen molar-refractivity contribution in [2.24, 2.45) is 23.5 Å². The lowest BCUT2D eigenvalue weighted by Gasteiger charge is -2.53. The molecule has 0 radical (unpaired) electrons. The number of hydrogen-bond donors (Lipinski definition) is 1. The molecule has 2 aliphatic carbocycles. The maximum atomic E-state index is 14.1. The topological polar surface area (TPSA) is 112 Å². The summed E-state index contributed by atoms with van der Waals surface area (Å²) in [6.07, 6.45) is 24.3. The fourth-order valence-corrected chi connectivity index (χ4v) is 9.50. The van der Waals surface area contributed by atoms with Crippen LogP contribution in [-0.4, -0.2) is 82.8 Å². The molecule has 10 nitrogen and oxygen atoms in total. The quantitative estimate of drug-likeness (QED) is 0.123. The largest absolute Gasteiger partial charge is 0.333 e. The number of nitrogens with two attached hydrogens (primary N) is 1. The van der Waals surface area contributed by atoms with Crippen LogP contribution in [0.15, 0.2) is 79.1 Å². The van der Waals surface area contributed by atoms with E-state index < -0.39 is 10.9 Å². The number of likely N-dealkylation sites (tertiary alicyclic amines) is 2. The molecule has 3 unspecified atom stereocenters. The van der Waals surface area contributed by atoms with E-state index in [2.05, 4.69) is 33.4 Å². The molecule has 3 aromatic rings. The highest BCUT2D eigenvalue weighted by Gasteiger charge is 2.51. The predicted molar refractivity (Wildman–Crippen MR) is 190 cm³/mol. The van der Waals surface area contributed by atoms with Crippen LogP contribution < -0.4 is 5.73 Å². The van der Waals surface area contributed by atoms with Crippen molar-refractivity contribution in [3.8, 4) is 5.69 Å². The molecule has 2 saturated heterocycles. The Balaban J connectivity index is 1.07. The first-order valence-electron chi connectivity index (χ1n) is 18.3. The van der Waals surface area contributed by atoms with Crippen LogP contribution in [0.3, 0.4) is 0 Å². The van der Waals surface area contributed by atoms with Crippen LogP contribution in [0.2, 0.25) is 0 Å². The van der Waals surface area contributed by atoms with Gasteiger partial charge in [0.25, 0.3) is 5.91 Å². The number of alkyl halides is 1. The average Bonchev–Trinajstić information content (AvgIpc) is 3.85. The molecular formula is C38H50ClN8O2+. The van der Waals surface area contributed by atoms with Gasteiger partial charge >= 0.3 is 0 Å². The van der Waals surface area contributed by atoms with Gasteiger partial charge in [-0.1, -0.05) is 68.0 Å².